The van der Waals surface area contributed by atoms with Crippen molar-refractivity contribution in [3.8, 4) is 66.8 Å². The molecule has 0 amide bonds. The smallest absolute Gasteiger partial charge is 0.000137 e. The fourth-order valence-electron chi connectivity index (χ4n) is 13.4. The number of rotatable bonds is 10. The summed E-state index contributed by atoms with van der Waals surface area (Å²) in [5, 5.41) is 7.41. The van der Waals surface area contributed by atoms with Crippen LogP contribution in [0.5, 0.6) is 0 Å². The average Bonchev–Trinajstić information content (AvgIpc) is 2.31. The Labute approximate surface area is 490 Å². The van der Waals surface area contributed by atoms with Gasteiger partial charge in [0.1, 0.15) is 0 Å². The van der Waals surface area contributed by atoms with Crippen LogP contribution in [-0.2, 0) is 0 Å². The normalized spacial score (nSPS) is 12.9. The molecule has 14 aromatic carbocycles. The number of benzene rings is 14. The topological polar surface area (TPSA) is 0 Å². The van der Waals surface area contributed by atoms with Crippen LogP contribution in [-0.4, -0.2) is 0 Å². The van der Waals surface area contributed by atoms with Crippen LogP contribution in [0.1, 0.15) is 33.4 Å². The molecule has 2 aliphatic carbocycles. The van der Waals surface area contributed by atoms with Crippen LogP contribution < -0.4 is 0 Å². The molecule has 0 fully saturated rings. The van der Waals surface area contributed by atoms with Crippen molar-refractivity contribution in [1.82, 2.24) is 0 Å². The van der Waals surface area contributed by atoms with Crippen LogP contribution in [0.2, 0.25) is 0 Å². The van der Waals surface area contributed by atoms with E-state index in [9.17, 15) is 0 Å². The predicted molar refractivity (Wildman–Crippen MR) is 357 cm³/mol. The molecule has 84 heavy (non-hydrogen) atoms. The molecule has 0 radical (unpaired) electrons. The number of hydrogen-bond acceptors (Lipinski definition) is 0. The molecule has 0 spiro atoms. The Kier molecular flexibility index (Phi) is 12.0. The van der Waals surface area contributed by atoms with Crippen LogP contribution in [0.4, 0.5) is 0 Å². The molecule has 0 bridgehead atoms. The van der Waals surface area contributed by atoms with Crippen molar-refractivity contribution in [2.45, 2.75) is 0 Å². The lowest BCUT2D eigenvalue weighted by Gasteiger charge is -2.20. The standard InChI is InChI=1S/C84H54/c1-5-20-55(21-6-1)58-38-40-59(41-39-58)68-33-18-34-69(51-68)76-54-77-78(53-75(76)62-45-42-60(43-46-62)67-32-17-31-66(50-67)56-22-7-2-8-23-56)83-82(74-37-19-36-72-71-35-16-15-25-61(71)48-49-73(72)74)80(64-28-11-4-12-29-64)81(84(83)79(77)63-26-9-3-10-27-63)70-47-44-57-24-13-14-30-65(57)52-70/h1-54H. The fraction of sp³-hybridized carbons (Fsp3) is 0. The molecular weight excluding hydrogens is 1010 g/mol. The summed E-state index contributed by atoms with van der Waals surface area (Å²) in [5.74, 6) is 0. The third-order valence-electron chi connectivity index (χ3n) is 17.4. The van der Waals surface area contributed by atoms with Crippen molar-refractivity contribution in [2.24, 2.45) is 0 Å². The summed E-state index contributed by atoms with van der Waals surface area (Å²) in [6.45, 7) is 0. The molecule has 0 unspecified atom stereocenters. The van der Waals surface area contributed by atoms with Crippen molar-refractivity contribution in [1.29, 1.82) is 0 Å². The van der Waals surface area contributed by atoms with Crippen LogP contribution in [0.15, 0.2) is 333 Å². The first-order chi connectivity index (χ1) is 41.7. The quantitative estimate of drug-likeness (QED) is 0.120. The van der Waals surface area contributed by atoms with Crippen LogP contribution >= 0.6 is 0 Å². The molecular formula is C84H54. The summed E-state index contributed by atoms with van der Waals surface area (Å²) in [6.07, 6.45) is 0. The van der Waals surface area contributed by atoms with Crippen molar-refractivity contribution in [2.75, 3.05) is 0 Å². The minimum absolute atomic E-state index is 1.16. The lowest BCUT2D eigenvalue weighted by molar-refractivity contribution is 1.51. The van der Waals surface area contributed by atoms with Crippen LogP contribution in [0.25, 0.3) is 127 Å². The van der Waals surface area contributed by atoms with Gasteiger partial charge in [0.05, 0.1) is 0 Å². The van der Waals surface area contributed by atoms with Gasteiger partial charge in [-0.3, -0.25) is 0 Å². The SMILES string of the molecule is c1ccc(C2=C(c3ccc4ccccc4c3)C3=C(c4ccccc4)c4cc(-c5cccc(-c6ccc(-c7ccccc7)cc6)c5)c(-c5ccc(-c6cccc(-c7ccccc7)c6)cc5)cc4C3=C2c2cccc3c2ccc2ccccc23)cc1. The molecule has 2 aliphatic rings. The monoisotopic (exact) mass is 1060 g/mol. The zero-order valence-corrected chi connectivity index (χ0v) is 46.2. The van der Waals surface area contributed by atoms with Crippen molar-refractivity contribution >= 4 is 60.2 Å². The lowest BCUT2D eigenvalue weighted by atomic mass is 9.83. The molecule has 0 nitrogen and oxygen atoms in total. The van der Waals surface area contributed by atoms with Gasteiger partial charge in [-0.15, -0.1) is 0 Å². The maximum atomic E-state index is 2.55. The Balaban J connectivity index is 0.984. The van der Waals surface area contributed by atoms with E-state index < -0.39 is 0 Å². The molecule has 16 rings (SSSR count). The van der Waals surface area contributed by atoms with Gasteiger partial charge in [0, 0.05) is 0 Å². The van der Waals surface area contributed by atoms with Gasteiger partial charge in [0.2, 0.25) is 0 Å². The molecule has 0 N–H and O–H groups in total. The Morgan fingerprint density at radius 3 is 1.13 bits per heavy atom. The summed E-state index contributed by atoms with van der Waals surface area (Å²) in [5.41, 5.74) is 29.0. The first-order valence-electron chi connectivity index (χ1n) is 29.1. The van der Waals surface area contributed by atoms with E-state index in [-0.39, 0.29) is 0 Å². The van der Waals surface area contributed by atoms with Crippen LogP contribution in [0.3, 0.4) is 0 Å². The van der Waals surface area contributed by atoms with Crippen molar-refractivity contribution < 1.29 is 0 Å². The summed E-state index contributed by atoms with van der Waals surface area (Å²) in [6, 6.07) is 122. The molecule has 0 heteroatoms. The maximum absolute atomic E-state index is 2.55. The third-order valence-corrected chi connectivity index (χ3v) is 17.4. The van der Waals surface area contributed by atoms with Crippen molar-refractivity contribution in [3.05, 3.63) is 367 Å². The van der Waals surface area contributed by atoms with Gasteiger partial charge >= 0.3 is 0 Å². The van der Waals surface area contributed by atoms with Gasteiger partial charge in [-0.2, -0.15) is 0 Å². The Hall–Kier alpha value is -10.9. The van der Waals surface area contributed by atoms with Gasteiger partial charge in [-0.05, 0) is 196 Å². The average molecular weight is 1060 g/mol. The minimum Gasteiger partial charge on any atom is -0.0622 e. The summed E-state index contributed by atoms with van der Waals surface area (Å²) in [7, 11) is 0. The highest BCUT2D eigenvalue weighted by Gasteiger charge is 2.41. The second kappa shape index (κ2) is 20.6. The van der Waals surface area contributed by atoms with Gasteiger partial charge in [0.25, 0.3) is 0 Å². The highest BCUT2D eigenvalue weighted by Crippen LogP contribution is 2.63. The first kappa shape index (κ1) is 48.9. The number of allylic oxidation sites excluding steroid dienone is 5. The third kappa shape index (κ3) is 8.46. The Bertz CT molecular complexity index is 4980. The molecule has 0 saturated heterocycles. The fourth-order valence-corrected chi connectivity index (χ4v) is 13.4. The second-order valence-corrected chi connectivity index (χ2v) is 22.2. The molecule has 0 atom stereocenters. The van der Waals surface area contributed by atoms with Gasteiger partial charge < -0.3 is 0 Å². The largest absolute Gasteiger partial charge is 0.0622 e. The first-order valence-corrected chi connectivity index (χ1v) is 29.1. The molecule has 0 aliphatic heterocycles. The summed E-state index contributed by atoms with van der Waals surface area (Å²) >= 11 is 0. The lowest BCUT2D eigenvalue weighted by Crippen LogP contribution is -1.98. The van der Waals surface area contributed by atoms with E-state index in [1.165, 1.54) is 155 Å². The number of hydrogen-bond donors (Lipinski definition) is 0. The van der Waals surface area contributed by atoms with E-state index in [4.69, 9.17) is 0 Å². The van der Waals surface area contributed by atoms with E-state index >= 15 is 0 Å². The second-order valence-electron chi connectivity index (χ2n) is 22.2. The van der Waals surface area contributed by atoms with Gasteiger partial charge in [-0.25, -0.2) is 0 Å². The van der Waals surface area contributed by atoms with E-state index in [1.54, 1.807) is 0 Å². The molecule has 0 aromatic heterocycles. The molecule has 390 valence electrons. The Morgan fingerprint density at radius 1 is 0.119 bits per heavy atom. The maximum Gasteiger partial charge on any atom is -0.000137 e. The zero-order chi connectivity index (χ0) is 55.5. The van der Waals surface area contributed by atoms with E-state index in [0.717, 1.165) is 11.1 Å². The van der Waals surface area contributed by atoms with Gasteiger partial charge in [0.15, 0.2) is 0 Å². The molecule has 0 saturated carbocycles. The van der Waals surface area contributed by atoms with E-state index in [0.29, 0.717) is 0 Å². The Morgan fingerprint density at radius 2 is 0.500 bits per heavy atom. The molecule has 0 heterocycles. The highest BCUT2D eigenvalue weighted by atomic mass is 14.4. The van der Waals surface area contributed by atoms with E-state index in [2.05, 4.69) is 328 Å². The zero-order valence-electron chi connectivity index (χ0n) is 46.2. The summed E-state index contributed by atoms with van der Waals surface area (Å²) < 4.78 is 0. The minimum atomic E-state index is 1.16. The van der Waals surface area contributed by atoms with Crippen LogP contribution in [0, 0.1) is 0 Å². The predicted octanol–water partition coefficient (Wildman–Crippen LogP) is 22.5. The molecule has 14 aromatic rings. The van der Waals surface area contributed by atoms with E-state index in [1.807, 2.05) is 0 Å². The highest BCUT2D eigenvalue weighted by molar-refractivity contribution is 6.41. The van der Waals surface area contributed by atoms with Gasteiger partial charge in [-0.1, -0.05) is 297 Å². The van der Waals surface area contributed by atoms with Crippen molar-refractivity contribution in [3.63, 3.8) is 0 Å². The summed E-state index contributed by atoms with van der Waals surface area (Å²) in [4.78, 5) is 0. The number of fused-ring (bicyclic) bond motifs is 7.